The van der Waals surface area contributed by atoms with Gasteiger partial charge in [0.25, 0.3) is 0 Å². The van der Waals surface area contributed by atoms with E-state index in [2.05, 4.69) is 0 Å². The Hall–Kier alpha value is -1.91. The second-order valence-corrected chi connectivity index (χ2v) is 5.47. The van der Waals surface area contributed by atoms with E-state index in [-0.39, 0.29) is 24.3 Å². The number of carboxylic acids is 1. The maximum absolute atomic E-state index is 10.7. The first-order valence-electron chi connectivity index (χ1n) is 7.35. The Kier molecular flexibility index (Phi) is 5.97. The summed E-state index contributed by atoms with van der Waals surface area (Å²) in [6.07, 6.45) is -7.52. The number of benzene rings is 1. The summed E-state index contributed by atoms with van der Waals surface area (Å²) in [5, 5.41) is 57.3. The number of ether oxygens (including phenoxy) is 2. The number of aliphatic hydroxyl groups excluding tert-OH is 4. The quantitative estimate of drug-likeness (QED) is 0.365. The lowest BCUT2D eigenvalue weighted by molar-refractivity contribution is -0.277. The Labute approximate surface area is 137 Å². The van der Waals surface area contributed by atoms with Crippen LogP contribution in [0.3, 0.4) is 0 Å². The van der Waals surface area contributed by atoms with E-state index in [0.717, 1.165) is 0 Å². The van der Waals surface area contributed by atoms with Crippen LogP contribution in [-0.2, 0) is 16.0 Å². The van der Waals surface area contributed by atoms with Crippen molar-refractivity contribution >= 4 is 5.97 Å². The van der Waals surface area contributed by atoms with Crippen molar-refractivity contribution in [3.05, 3.63) is 23.8 Å². The molecule has 1 aliphatic heterocycles. The van der Waals surface area contributed by atoms with Crippen LogP contribution in [-0.4, -0.2) is 73.9 Å². The van der Waals surface area contributed by atoms with Gasteiger partial charge >= 0.3 is 5.97 Å². The van der Waals surface area contributed by atoms with Crippen molar-refractivity contribution < 1.29 is 44.9 Å². The zero-order chi connectivity index (χ0) is 17.9. The SMILES string of the molecule is O=C(O)CCc1cccc(O)c1OC1OC(CO)C(O)C(O)C1O. The molecule has 6 N–H and O–H groups in total. The number of rotatable bonds is 6. The number of carbonyl (C=O) groups is 1. The molecule has 5 atom stereocenters. The molecule has 0 bridgehead atoms. The van der Waals surface area contributed by atoms with Crippen LogP contribution in [0.2, 0.25) is 0 Å². The van der Waals surface area contributed by atoms with Gasteiger partial charge in [-0.3, -0.25) is 4.79 Å². The monoisotopic (exact) mass is 344 g/mol. The van der Waals surface area contributed by atoms with Crippen molar-refractivity contribution in [3.8, 4) is 11.5 Å². The minimum atomic E-state index is -1.63. The number of phenols is 1. The minimum Gasteiger partial charge on any atom is -0.504 e. The predicted octanol–water partition coefficient (Wildman–Crippen LogP) is -1.41. The van der Waals surface area contributed by atoms with E-state index in [1.165, 1.54) is 12.1 Å². The molecule has 0 radical (unpaired) electrons. The van der Waals surface area contributed by atoms with Gasteiger partial charge in [0, 0.05) is 6.42 Å². The van der Waals surface area contributed by atoms with Crippen LogP contribution in [0.4, 0.5) is 0 Å². The van der Waals surface area contributed by atoms with Gasteiger partial charge in [-0.25, -0.2) is 0 Å². The van der Waals surface area contributed by atoms with E-state index in [0.29, 0.717) is 5.56 Å². The van der Waals surface area contributed by atoms with E-state index in [1.54, 1.807) is 6.07 Å². The van der Waals surface area contributed by atoms with Gasteiger partial charge in [-0.05, 0) is 18.1 Å². The summed E-state index contributed by atoms with van der Waals surface area (Å²) in [5.74, 6) is -1.42. The fourth-order valence-corrected chi connectivity index (χ4v) is 2.43. The van der Waals surface area contributed by atoms with Crippen molar-refractivity contribution in [2.24, 2.45) is 0 Å². The van der Waals surface area contributed by atoms with Crippen LogP contribution in [0.25, 0.3) is 0 Å². The first-order chi connectivity index (χ1) is 11.3. The molecule has 2 rings (SSSR count). The molecular weight excluding hydrogens is 324 g/mol. The van der Waals surface area contributed by atoms with E-state index in [1.807, 2.05) is 0 Å². The van der Waals surface area contributed by atoms with E-state index in [9.17, 15) is 25.2 Å². The molecule has 24 heavy (non-hydrogen) atoms. The molecule has 5 unspecified atom stereocenters. The second-order valence-electron chi connectivity index (χ2n) is 5.47. The fraction of sp³-hybridized carbons (Fsp3) is 0.533. The number of phenolic OH excluding ortho intramolecular Hbond substituents is 1. The van der Waals surface area contributed by atoms with Crippen molar-refractivity contribution in [2.45, 2.75) is 43.5 Å². The molecule has 1 aliphatic rings. The number of para-hydroxylation sites is 1. The molecule has 9 heteroatoms. The highest BCUT2D eigenvalue weighted by atomic mass is 16.7. The van der Waals surface area contributed by atoms with Gasteiger partial charge in [0.15, 0.2) is 11.5 Å². The summed E-state index contributed by atoms with van der Waals surface area (Å²) < 4.78 is 10.6. The molecule has 9 nitrogen and oxygen atoms in total. The Morgan fingerprint density at radius 1 is 1.17 bits per heavy atom. The highest BCUT2D eigenvalue weighted by Crippen LogP contribution is 2.34. The summed E-state index contributed by atoms with van der Waals surface area (Å²) in [4.78, 5) is 10.7. The normalized spacial score (nSPS) is 30.1. The molecule has 1 heterocycles. The second kappa shape index (κ2) is 7.77. The molecule has 1 saturated heterocycles. The highest BCUT2D eigenvalue weighted by Gasteiger charge is 2.45. The molecule has 0 aliphatic carbocycles. The summed E-state index contributed by atoms with van der Waals surface area (Å²) >= 11 is 0. The molecular formula is C15H20O9. The van der Waals surface area contributed by atoms with Crippen molar-refractivity contribution in [1.29, 1.82) is 0 Å². The van der Waals surface area contributed by atoms with Gasteiger partial charge in [0.2, 0.25) is 6.29 Å². The Balaban J connectivity index is 2.21. The Morgan fingerprint density at radius 2 is 1.88 bits per heavy atom. The van der Waals surface area contributed by atoms with Gasteiger partial charge in [-0.15, -0.1) is 0 Å². The average molecular weight is 344 g/mol. The molecule has 1 fully saturated rings. The zero-order valence-corrected chi connectivity index (χ0v) is 12.6. The van der Waals surface area contributed by atoms with Gasteiger partial charge in [0.1, 0.15) is 24.4 Å². The molecule has 0 amide bonds. The van der Waals surface area contributed by atoms with Crippen molar-refractivity contribution in [3.63, 3.8) is 0 Å². The lowest BCUT2D eigenvalue weighted by Crippen LogP contribution is -2.60. The number of hydrogen-bond donors (Lipinski definition) is 6. The number of hydrogen-bond acceptors (Lipinski definition) is 8. The maximum Gasteiger partial charge on any atom is 0.303 e. The van der Waals surface area contributed by atoms with E-state index >= 15 is 0 Å². The topological polar surface area (TPSA) is 157 Å². The molecule has 1 aromatic rings. The van der Waals surface area contributed by atoms with Gasteiger partial charge in [-0.2, -0.15) is 0 Å². The summed E-state index contributed by atoms with van der Waals surface area (Å²) in [6, 6.07) is 4.36. The molecule has 0 spiro atoms. The zero-order valence-electron chi connectivity index (χ0n) is 12.6. The van der Waals surface area contributed by atoms with Crippen molar-refractivity contribution in [2.75, 3.05) is 6.61 Å². The Morgan fingerprint density at radius 3 is 2.50 bits per heavy atom. The summed E-state index contributed by atoms with van der Waals surface area (Å²) in [6.45, 7) is -0.614. The van der Waals surface area contributed by atoms with Gasteiger partial charge in [0.05, 0.1) is 6.61 Å². The van der Waals surface area contributed by atoms with Crippen LogP contribution in [0.1, 0.15) is 12.0 Å². The van der Waals surface area contributed by atoms with E-state index in [4.69, 9.17) is 19.7 Å². The molecule has 0 saturated carbocycles. The van der Waals surface area contributed by atoms with Crippen LogP contribution in [0.15, 0.2) is 18.2 Å². The highest BCUT2D eigenvalue weighted by molar-refractivity contribution is 5.67. The predicted molar refractivity (Wildman–Crippen MR) is 78.5 cm³/mol. The van der Waals surface area contributed by atoms with Gasteiger partial charge in [-0.1, -0.05) is 12.1 Å². The number of aryl methyl sites for hydroxylation is 1. The van der Waals surface area contributed by atoms with Crippen LogP contribution >= 0.6 is 0 Å². The number of aliphatic carboxylic acids is 1. The molecule has 0 aromatic heterocycles. The largest absolute Gasteiger partial charge is 0.504 e. The van der Waals surface area contributed by atoms with Crippen LogP contribution in [0.5, 0.6) is 11.5 Å². The lowest BCUT2D eigenvalue weighted by atomic mass is 9.99. The first-order valence-corrected chi connectivity index (χ1v) is 7.35. The standard InChI is InChI=1S/C15H20O9/c16-6-9-11(20)12(21)13(22)15(23-9)24-14-7(4-5-10(18)19)2-1-3-8(14)17/h1-3,9,11-13,15-17,20-22H,4-6H2,(H,18,19). The van der Waals surface area contributed by atoms with E-state index < -0.39 is 43.3 Å². The molecule has 1 aromatic carbocycles. The summed E-state index contributed by atoms with van der Waals surface area (Å²) in [5.41, 5.74) is 0.370. The third-order valence-corrected chi connectivity index (χ3v) is 3.77. The fourth-order valence-electron chi connectivity index (χ4n) is 2.43. The van der Waals surface area contributed by atoms with Crippen molar-refractivity contribution in [1.82, 2.24) is 0 Å². The summed E-state index contributed by atoms with van der Waals surface area (Å²) in [7, 11) is 0. The van der Waals surface area contributed by atoms with Crippen LogP contribution in [0, 0.1) is 0 Å². The minimum absolute atomic E-state index is 0.0660. The lowest BCUT2D eigenvalue weighted by Gasteiger charge is -2.39. The third-order valence-electron chi connectivity index (χ3n) is 3.77. The molecule has 134 valence electrons. The average Bonchev–Trinajstić information content (AvgIpc) is 2.55. The Bertz CT molecular complexity index is 574. The van der Waals surface area contributed by atoms with Crippen LogP contribution < -0.4 is 4.74 Å². The number of carboxylic acid groups (broad SMARTS) is 1. The third kappa shape index (κ3) is 3.94. The first kappa shape index (κ1) is 18.4. The smallest absolute Gasteiger partial charge is 0.303 e. The maximum atomic E-state index is 10.7. The number of aromatic hydroxyl groups is 1. The van der Waals surface area contributed by atoms with Gasteiger partial charge < -0.3 is 40.1 Å². The number of aliphatic hydroxyl groups is 4.